The van der Waals surface area contributed by atoms with Gasteiger partial charge in [0.25, 0.3) is 0 Å². The van der Waals surface area contributed by atoms with E-state index in [0.29, 0.717) is 0 Å². The lowest BCUT2D eigenvalue weighted by Gasteiger charge is -2.37. The van der Waals surface area contributed by atoms with Gasteiger partial charge in [0.1, 0.15) is 10.6 Å². The second kappa shape index (κ2) is 4.00. The van der Waals surface area contributed by atoms with E-state index in [1.54, 1.807) is 25.2 Å². The quantitative estimate of drug-likeness (QED) is 0.717. The highest BCUT2D eigenvalue weighted by Crippen LogP contribution is 2.52. The molecule has 1 atom stereocenters. The zero-order chi connectivity index (χ0) is 13.0. The number of nitrogens with zero attached hydrogens (tertiary/aromatic N) is 1. The van der Waals surface area contributed by atoms with E-state index in [-0.39, 0.29) is 11.5 Å². The molecule has 4 N–H and O–H groups in total. The molecule has 100 valence electrons. The summed E-state index contributed by atoms with van der Waals surface area (Å²) in [4.78, 5) is 5.83. The Morgan fingerprint density at radius 3 is 2.67 bits per heavy atom. The summed E-state index contributed by atoms with van der Waals surface area (Å²) in [5.41, 5.74) is 6.97. The van der Waals surface area contributed by atoms with Crippen molar-refractivity contribution in [3.8, 4) is 0 Å². The van der Waals surface area contributed by atoms with E-state index in [1.165, 1.54) is 4.88 Å². The van der Waals surface area contributed by atoms with Crippen LogP contribution in [0, 0.1) is 5.41 Å². The lowest BCUT2D eigenvalue weighted by atomic mass is 9.74. The Hall–Kier alpha value is -0.490. The molecule has 2 aliphatic rings. The molecule has 1 aromatic heterocycles. The van der Waals surface area contributed by atoms with Crippen molar-refractivity contribution >= 4 is 11.3 Å². The predicted octanol–water partition coefficient (Wildman–Crippen LogP) is 1.30. The number of aliphatic hydroxyl groups is 1. The Balaban J connectivity index is 1.92. The summed E-state index contributed by atoms with van der Waals surface area (Å²) in [6.45, 7) is 5.68. The molecule has 1 spiro atoms. The first kappa shape index (κ1) is 12.5. The fourth-order valence-corrected chi connectivity index (χ4v) is 4.36. The summed E-state index contributed by atoms with van der Waals surface area (Å²) in [5, 5.41) is 14.2. The predicted molar refractivity (Wildman–Crippen MR) is 72.5 cm³/mol. The first-order chi connectivity index (χ1) is 8.42. The van der Waals surface area contributed by atoms with Crippen LogP contribution in [0.2, 0.25) is 0 Å². The summed E-state index contributed by atoms with van der Waals surface area (Å²) < 4.78 is 0. The maximum Gasteiger partial charge on any atom is 0.124 e. The monoisotopic (exact) mass is 267 g/mol. The van der Waals surface area contributed by atoms with Gasteiger partial charge in [0.05, 0.1) is 5.69 Å². The van der Waals surface area contributed by atoms with Crippen molar-refractivity contribution < 1.29 is 5.11 Å². The molecule has 1 aliphatic carbocycles. The van der Waals surface area contributed by atoms with Gasteiger partial charge in [-0.3, -0.25) is 0 Å². The number of aromatic nitrogens is 1. The van der Waals surface area contributed by atoms with Crippen LogP contribution in [0.3, 0.4) is 0 Å². The molecule has 0 unspecified atom stereocenters. The van der Waals surface area contributed by atoms with Crippen LogP contribution in [0.1, 0.15) is 48.3 Å². The molecule has 0 saturated carbocycles. The van der Waals surface area contributed by atoms with Gasteiger partial charge in [-0.15, -0.1) is 11.3 Å². The van der Waals surface area contributed by atoms with E-state index < -0.39 is 5.60 Å². The van der Waals surface area contributed by atoms with Crippen molar-refractivity contribution in [3.63, 3.8) is 0 Å². The standard InChI is InChI=1S/C13H21N3OS/c1-12(2,17)11-16-8-7-13(3-5-15-6-4-13)10(14)9(8)18-11/h10,15,17H,3-7,14H2,1-2H3/t10-/m1/s1. The smallest absolute Gasteiger partial charge is 0.124 e. The van der Waals surface area contributed by atoms with Gasteiger partial charge in [-0.2, -0.15) is 0 Å². The fraction of sp³-hybridized carbons (Fsp3) is 0.769. The van der Waals surface area contributed by atoms with Gasteiger partial charge in [-0.1, -0.05) is 0 Å². The van der Waals surface area contributed by atoms with Gasteiger partial charge in [0, 0.05) is 10.9 Å². The summed E-state index contributed by atoms with van der Waals surface area (Å²) in [7, 11) is 0. The van der Waals surface area contributed by atoms with Crippen LogP contribution in [0.15, 0.2) is 0 Å². The van der Waals surface area contributed by atoms with Gasteiger partial charge in [0.15, 0.2) is 0 Å². The molecule has 3 rings (SSSR count). The highest BCUT2D eigenvalue weighted by molar-refractivity contribution is 7.12. The number of thiazole rings is 1. The van der Waals surface area contributed by atoms with Gasteiger partial charge in [-0.05, 0) is 51.6 Å². The average Bonchev–Trinajstić information content (AvgIpc) is 2.81. The van der Waals surface area contributed by atoms with E-state index in [1.807, 2.05) is 0 Å². The van der Waals surface area contributed by atoms with E-state index in [0.717, 1.165) is 43.1 Å². The normalized spacial score (nSPS) is 26.6. The molecule has 0 radical (unpaired) electrons. The van der Waals surface area contributed by atoms with Gasteiger partial charge in [0.2, 0.25) is 0 Å². The molecule has 0 aromatic carbocycles. The molecule has 0 bridgehead atoms. The molecule has 1 aliphatic heterocycles. The Kier molecular flexibility index (Phi) is 2.79. The summed E-state index contributed by atoms with van der Waals surface area (Å²) >= 11 is 1.60. The lowest BCUT2D eigenvalue weighted by Crippen LogP contribution is -2.42. The van der Waals surface area contributed by atoms with Gasteiger partial charge in [-0.25, -0.2) is 4.98 Å². The number of hydrogen-bond acceptors (Lipinski definition) is 5. The van der Waals surface area contributed by atoms with Crippen molar-refractivity contribution in [3.05, 3.63) is 15.6 Å². The number of piperidine rings is 1. The van der Waals surface area contributed by atoms with Crippen molar-refractivity contribution in [1.29, 1.82) is 0 Å². The number of hydrogen-bond donors (Lipinski definition) is 3. The summed E-state index contributed by atoms with van der Waals surface area (Å²) in [6.07, 6.45) is 3.25. The zero-order valence-electron chi connectivity index (χ0n) is 11.0. The Morgan fingerprint density at radius 2 is 2.11 bits per heavy atom. The van der Waals surface area contributed by atoms with Crippen molar-refractivity contribution in [2.45, 2.75) is 44.8 Å². The van der Waals surface area contributed by atoms with E-state index >= 15 is 0 Å². The van der Waals surface area contributed by atoms with E-state index in [9.17, 15) is 5.11 Å². The van der Waals surface area contributed by atoms with Gasteiger partial charge < -0.3 is 16.2 Å². The Labute approximate surface area is 112 Å². The Morgan fingerprint density at radius 1 is 1.44 bits per heavy atom. The topological polar surface area (TPSA) is 71.2 Å². The molecule has 1 aromatic rings. The number of nitrogens with two attached hydrogens (primary N) is 1. The first-order valence-corrected chi connectivity index (χ1v) is 7.43. The van der Waals surface area contributed by atoms with Crippen molar-refractivity contribution in [1.82, 2.24) is 10.3 Å². The molecule has 0 amide bonds. The number of nitrogens with one attached hydrogen (secondary N) is 1. The van der Waals surface area contributed by atoms with Crippen LogP contribution in [0.25, 0.3) is 0 Å². The van der Waals surface area contributed by atoms with Crippen LogP contribution < -0.4 is 11.1 Å². The zero-order valence-corrected chi connectivity index (χ0v) is 11.8. The fourth-order valence-electron chi connectivity index (χ4n) is 3.13. The van der Waals surface area contributed by atoms with Crippen LogP contribution in [-0.4, -0.2) is 23.2 Å². The number of fused-ring (bicyclic) bond motifs is 1. The van der Waals surface area contributed by atoms with Crippen LogP contribution in [0.4, 0.5) is 0 Å². The molecule has 4 nitrogen and oxygen atoms in total. The van der Waals surface area contributed by atoms with Crippen LogP contribution in [-0.2, 0) is 12.0 Å². The lowest BCUT2D eigenvalue weighted by molar-refractivity contribution is 0.0778. The minimum absolute atomic E-state index is 0.100. The maximum atomic E-state index is 10.0. The molecule has 5 heteroatoms. The SMILES string of the molecule is CC(C)(O)c1nc2c(s1)[C@@H](N)C1(CCNCC1)C2. The minimum atomic E-state index is -0.851. The highest BCUT2D eigenvalue weighted by Gasteiger charge is 2.47. The number of rotatable bonds is 1. The molecular formula is C13H21N3OS. The summed E-state index contributed by atoms with van der Waals surface area (Å²) in [5.74, 6) is 0. The van der Waals surface area contributed by atoms with Crippen LogP contribution >= 0.6 is 11.3 Å². The molecular weight excluding hydrogens is 246 g/mol. The summed E-state index contributed by atoms with van der Waals surface area (Å²) in [6, 6.07) is 0.100. The Bertz CT molecular complexity index is 457. The first-order valence-electron chi connectivity index (χ1n) is 6.61. The van der Waals surface area contributed by atoms with E-state index in [4.69, 9.17) is 5.73 Å². The molecule has 1 fully saturated rings. The van der Waals surface area contributed by atoms with Crippen molar-refractivity contribution in [2.24, 2.45) is 11.1 Å². The van der Waals surface area contributed by atoms with Crippen LogP contribution in [0.5, 0.6) is 0 Å². The third kappa shape index (κ3) is 1.81. The van der Waals surface area contributed by atoms with E-state index in [2.05, 4.69) is 10.3 Å². The second-order valence-corrected chi connectivity index (χ2v) is 7.19. The third-order valence-electron chi connectivity index (χ3n) is 4.31. The molecule has 1 saturated heterocycles. The second-order valence-electron chi connectivity index (χ2n) is 6.16. The maximum absolute atomic E-state index is 10.0. The van der Waals surface area contributed by atoms with Gasteiger partial charge >= 0.3 is 0 Å². The van der Waals surface area contributed by atoms with Crippen molar-refractivity contribution in [2.75, 3.05) is 13.1 Å². The molecule has 2 heterocycles. The third-order valence-corrected chi connectivity index (χ3v) is 5.81. The minimum Gasteiger partial charge on any atom is -0.383 e. The molecule has 18 heavy (non-hydrogen) atoms. The largest absolute Gasteiger partial charge is 0.383 e. The average molecular weight is 267 g/mol. The highest BCUT2D eigenvalue weighted by atomic mass is 32.1.